The average molecular weight is 622 g/mol. The van der Waals surface area contributed by atoms with Gasteiger partial charge in [0, 0.05) is 23.1 Å². The summed E-state index contributed by atoms with van der Waals surface area (Å²) < 4.78 is 36.7. The van der Waals surface area contributed by atoms with Gasteiger partial charge in [-0.05, 0) is 37.1 Å². The minimum atomic E-state index is -3.46. The van der Waals surface area contributed by atoms with Gasteiger partial charge in [0.1, 0.15) is 17.5 Å². The van der Waals surface area contributed by atoms with Crippen molar-refractivity contribution < 1.29 is 38.1 Å². The van der Waals surface area contributed by atoms with E-state index < -0.39 is 59.8 Å². The van der Waals surface area contributed by atoms with Gasteiger partial charge in [-0.2, -0.15) is 0 Å². The molecule has 4 unspecified atom stereocenters. The van der Waals surface area contributed by atoms with Crippen molar-refractivity contribution in [1.29, 1.82) is 0 Å². The topological polar surface area (TPSA) is 128 Å². The van der Waals surface area contributed by atoms with Crippen LogP contribution in [0.3, 0.4) is 0 Å². The molecule has 45 heavy (non-hydrogen) atoms. The number of nitrogens with one attached hydrogen (secondary N) is 2. The summed E-state index contributed by atoms with van der Waals surface area (Å²) in [7, 11) is 0. The number of ether oxygens (including phenoxy) is 1. The van der Waals surface area contributed by atoms with E-state index >= 15 is 8.78 Å². The summed E-state index contributed by atoms with van der Waals surface area (Å²) in [5.74, 6) is -5.55. The number of hydrogen-bond donors (Lipinski definition) is 4. The Kier molecular flexibility index (Phi) is 8.84. The van der Waals surface area contributed by atoms with Crippen LogP contribution in [0.5, 0.6) is 11.5 Å². The predicted octanol–water partition coefficient (Wildman–Crippen LogP) is 3.91. The molecule has 0 spiro atoms. The Hall–Kier alpha value is -4.51. The van der Waals surface area contributed by atoms with Crippen molar-refractivity contribution in [2.75, 3.05) is 13.2 Å². The molecular weight excluding hydrogens is 584 g/mol. The van der Waals surface area contributed by atoms with Crippen LogP contribution < -0.4 is 15.4 Å². The van der Waals surface area contributed by atoms with Crippen LogP contribution in [0.25, 0.3) is 0 Å². The predicted molar refractivity (Wildman–Crippen MR) is 162 cm³/mol. The molecule has 9 nitrogen and oxygen atoms in total. The smallest absolute Gasteiger partial charge is 0.272 e. The summed E-state index contributed by atoms with van der Waals surface area (Å²) in [5, 5.41) is 27.1. The molecule has 11 heteroatoms. The normalized spacial score (nSPS) is 21.2. The van der Waals surface area contributed by atoms with E-state index in [4.69, 9.17) is 4.74 Å². The molecule has 3 aromatic rings. The number of rotatable bonds is 8. The molecule has 0 saturated carbocycles. The fourth-order valence-electron chi connectivity index (χ4n) is 6.08. The number of carbonyl (C=O) groups excluding carboxylic acids is 3. The monoisotopic (exact) mass is 621 g/mol. The number of aliphatic hydroxyl groups is 1. The van der Waals surface area contributed by atoms with E-state index in [1.807, 2.05) is 0 Å². The number of hydrogen-bond acceptors (Lipinski definition) is 6. The Balaban J connectivity index is 1.43. The summed E-state index contributed by atoms with van der Waals surface area (Å²) in [6, 6.07) is 16.9. The Morgan fingerprint density at radius 2 is 1.71 bits per heavy atom. The van der Waals surface area contributed by atoms with Gasteiger partial charge >= 0.3 is 0 Å². The molecule has 5 rings (SSSR count). The van der Waals surface area contributed by atoms with Crippen molar-refractivity contribution in [3.63, 3.8) is 0 Å². The quantitative estimate of drug-likeness (QED) is 0.302. The molecule has 2 aliphatic rings. The highest BCUT2D eigenvalue weighted by atomic mass is 19.3. The molecule has 3 amide bonds. The second-order valence-electron chi connectivity index (χ2n) is 12.2. The maximum atomic E-state index is 15.5. The minimum absolute atomic E-state index is 0.0132. The van der Waals surface area contributed by atoms with Gasteiger partial charge in [-0.25, -0.2) is 8.78 Å². The van der Waals surface area contributed by atoms with Crippen LogP contribution in [0.1, 0.15) is 53.4 Å². The first-order chi connectivity index (χ1) is 21.3. The second-order valence-corrected chi connectivity index (χ2v) is 12.2. The molecule has 4 atom stereocenters. The number of aliphatic hydroxyl groups excluding tert-OH is 1. The molecule has 3 aromatic carbocycles. The van der Waals surface area contributed by atoms with Gasteiger partial charge in [-0.1, -0.05) is 68.4 Å². The molecule has 0 aromatic heterocycles. The lowest BCUT2D eigenvalue weighted by atomic mass is 9.81. The van der Waals surface area contributed by atoms with Gasteiger partial charge in [0.2, 0.25) is 5.91 Å². The van der Waals surface area contributed by atoms with Crippen LogP contribution >= 0.6 is 0 Å². The summed E-state index contributed by atoms with van der Waals surface area (Å²) in [4.78, 5) is 41.8. The number of halogens is 2. The summed E-state index contributed by atoms with van der Waals surface area (Å²) in [6.07, 6.45) is -1.58. The highest BCUT2D eigenvalue weighted by Gasteiger charge is 2.64. The molecule has 1 fully saturated rings. The van der Waals surface area contributed by atoms with E-state index in [9.17, 15) is 24.6 Å². The number of phenols is 1. The first kappa shape index (κ1) is 31.9. The van der Waals surface area contributed by atoms with E-state index in [-0.39, 0.29) is 17.7 Å². The van der Waals surface area contributed by atoms with E-state index in [1.165, 1.54) is 32.0 Å². The van der Waals surface area contributed by atoms with Crippen LogP contribution in [0, 0.1) is 12.3 Å². The van der Waals surface area contributed by atoms with E-state index in [1.54, 1.807) is 61.5 Å². The standard InChI is InChI=1S/C34H37F2N3O6/c1-20-22(13-9-14-26(20)40)30(42)38-25(18-21-10-5-4-6-11-21)28(41)32(44)39-19-34(35,36)33(2,3)29(39)31(43)37-24-16-17-45-27-15-8-7-12-23(24)27/h4-15,24-25,28-29,40-41H,16-19H2,1-3H3,(H,37,43)(H,38,42). The zero-order valence-electron chi connectivity index (χ0n) is 25.3. The van der Waals surface area contributed by atoms with Gasteiger partial charge in [0.05, 0.1) is 30.7 Å². The zero-order chi connectivity index (χ0) is 32.5. The number of aromatic hydroxyl groups is 1. The molecule has 2 heterocycles. The third kappa shape index (κ3) is 6.22. The number of amides is 3. The van der Waals surface area contributed by atoms with Gasteiger partial charge in [-0.3, -0.25) is 14.4 Å². The lowest BCUT2D eigenvalue weighted by Gasteiger charge is -2.36. The SMILES string of the molecule is Cc1c(O)cccc1C(=O)NC(Cc1ccccc1)C(O)C(=O)N1CC(F)(F)C(C)(C)C1C(=O)NC1CCOc2ccccc21. The fourth-order valence-corrected chi connectivity index (χ4v) is 6.08. The van der Waals surface area contributed by atoms with Gasteiger partial charge in [0.25, 0.3) is 17.7 Å². The number of nitrogens with zero attached hydrogens (tertiary/aromatic N) is 1. The van der Waals surface area contributed by atoms with Crippen LogP contribution in [-0.2, 0) is 16.0 Å². The van der Waals surface area contributed by atoms with Crippen LogP contribution in [0.15, 0.2) is 72.8 Å². The average Bonchev–Trinajstić information content (AvgIpc) is 3.21. The molecule has 2 aliphatic heterocycles. The fraction of sp³-hybridized carbons (Fsp3) is 0.382. The molecule has 0 aliphatic carbocycles. The van der Waals surface area contributed by atoms with Crippen LogP contribution in [0.2, 0.25) is 0 Å². The summed E-state index contributed by atoms with van der Waals surface area (Å²) in [6.45, 7) is 3.22. The van der Waals surface area contributed by atoms with Crippen molar-refractivity contribution in [1.82, 2.24) is 15.5 Å². The number of phenolic OH excluding ortho intramolecular Hbond substituents is 1. The highest BCUT2D eigenvalue weighted by Crippen LogP contribution is 2.48. The van der Waals surface area contributed by atoms with Gasteiger partial charge in [-0.15, -0.1) is 0 Å². The van der Waals surface area contributed by atoms with E-state index in [2.05, 4.69) is 10.6 Å². The Morgan fingerprint density at radius 3 is 2.44 bits per heavy atom. The number of fused-ring (bicyclic) bond motifs is 1. The zero-order valence-corrected chi connectivity index (χ0v) is 25.3. The van der Waals surface area contributed by atoms with Crippen molar-refractivity contribution >= 4 is 17.7 Å². The van der Waals surface area contributed by atoms with Crippen molar-refractivity contribution in [2.24, 2.45) is 5.41 Å². The van der Waals surface area contributed by atoms with Crippen molar-refractivity contribution in [3.8, 4) is 11.5 Å². The number of carbonyl (C=O) groups is 3. The van der Waals surface area contributed by atoms with E-state index in [0.29, 0.717) is 35.5 Å². The number of benzene rings is 3. The Morgan fingerprint density at radius 1 is 1.02 bits per heavy atom. The molecule has 0 radical (unpaired) electrons. The Bertz CT molecular complexity index is 1580. The lowest BCUT2D eigenvalue weighted by molar-refractivity contribution is -0.148. The number of alkyl halides is 2. The molecular formula is C34H37F2N3O6. The maximum absolute atomic E-state index is 15.5. The number of likely N-dealkylation sites (tertiary alicyclic amines) is 1. The van der Waals surface area contributed by atoms with Gasteiger partial charge < -0.3 is 30.5 Å². The largest absolute Gasteiger partial charge is 0.508 e. The van der Waals surface area contributed by atoms with Crippen molar-refractivity contribution in [3.05, 3.63) is 95.1 Å². The molecule has 0 bridgehead atoms. The third-order valence-electron chi connectivity index (χ3n) is 8.91. The first-order valence-corrected chi connectivity index (χ1v) is 14.8. The van der Waals surface area contributed by atoms with Crippen LogP contribution in [-0.4, -0.2) is 70.1 Å². The molecule has 4 N–H and O–H groups in total. The van der Waals surface area contributed by atoms with E-state index in [0.717, 1.165) is 4.90 Å². The minimum Gasteiger partial charge on any atom is -0.508 e. The van der Waals surface area contributed by atoms with Crippen LogP contribution in [0.4, 0.5) is 8.78 Å². The van der Waals surface area contributed by atoms with Gasteiger partial charge in [0.15, 0.2) is 6.10 Å². The summed E-state index contributed by atoms with van der Waals surface area (Å²) >= 11 is 0. The Labute approximate surface area is 260 Å². The molecule has 238 valence electrons. The third-order valence-corrected chi connectivity index (χ3v) is 8.91. The van der Waals surface area contributed by atoms with Crippen molar-refractivity contribution in [2.45, 2.75) is 63.8 Å². The lowest BCUT2D eigenvalue weighted by Crippen LogP contribution is -2.58. The maximum Gasteiger partial charge on any atom is 0.272 e. The highest BCUT2D eigenvalue weighted by molar-refractivity contribution is 5.97. The summed E-state index contributed by atoms with van der Waals surface area (Å²) in [5.41, 5.74) is -0.196. The molecule has 1 saturated heterocycles. The first-order valence-electron chi connectivity index (χ1n) is 14.8. The second kappa shape index (κ2) is 12.5. The number of para-hydroxylation sites is 1.